The first kappa shape index (κ1) is 14.7. The van der Waals surface area contributed by atoms with Crippen LogP contribution in [0.1, 0.15) is 10.7 Å². The third kappa shape index (κ3) is 2.70. The summed E-state index contributed by atoms with van der Waals surface area (Å²) in [6, 6.07) is 15.9. The number of benzene rings is 1. The molecule has 0 saturated carbocycles. The molecule has 0 unspecified atom stereocenters. The lowest BCUT2D eigenvalue weighted by atomic mass is 10.3. The van der Waals surface area contributed by atoms with Crippen molar-refractivity contribution in [2.75, 3.05) is 7.11 Å². The van der Waals surface area contributed by atoms with E-state index in [0.717, 1.165) is 28.4 Å². The Hall–Kier alpha value is -2.92. The predicted molar refractivity (Wildman–Crippen MR) is 98.7 cm³/mol. The molecule has 0 fully saturated rings. The molecular formula is C19H15N3OS. The van der Waals surface area contributed by atoms with Crippen LogP contribution in [0.25, 0.3) is 29.0 Å². The van der Waals surface area contributed by atoms with E-state index in [-0.39, 0.29) is 0 Å². The minimum Gasteiger partial charge on any atom is -0.497 e. The van der Waals surface area contributed by atoms with Gasteiger partial charge in [0, 0.05) is 17.1 Å². The van der Waals surface area contributed by atoms with Crippen LogP contribution < -0.4 is 4.74 Å². The first-order valence-electron chi connectivity index (χ1n) is 7.54. The maximum absolute atomic E-state index is 5.31. The zero-order chi connectivity index (χ0) is 16.4. The molecule has 0 atom stereocenters. The van der Waals surface area contributed by atoms with E-state index in [1.807, 2.05) is 48.5 Å². The predicted octanol–water partition coefficient (Wildman–Crippen LogP) is 4.66. The number of imidazole rings is 1. The van der Waals surface area contributed by atoms with E-state index in [1.165, 1.54) is 4.88 Å². The smallest absolute Gasteiger partial charge is 0.139 e. The standard InChI is InChI=1S/C19H15N3OS/c1-23-14-7-9-17-16(13-14)21-19(10-8-15-5-4-12-24-15)22(17)18-6-2-3-11-20-18/h2-13H,1H3/b10-8+. The van der Waals surface area contributed by atoms with Gasteiger partial charge in [-0.05, 0) is 47.9 Å². The SMILES string of the molecule is COc1ccc2c(c1)nc(/C=C/c1cccs1)n2-c1ccccn1. The molecule has 118 valence electrons. The molecule has 0 N–H and O–H groups in total. The molecule has 0 bridgehead atoms. The van der Waals surface area contributed by atoms with Crippen molar-refractivity contribution in [2.45, 2.75) is 0 Å². The number of hydrogen-bond acceptors (Lipinski definition) is 4. The average Bonchev–Trinajstić information content (AvgIpc) is 3.27. The number of hydrogen-bond donors (Lipinski definition) is 0. The highest BCUT2D eigenvalue weighted by atomic mass is 32.1. The number of thiophene rings is 1. The number of pyridine rings is 1. The fraction of sp³-hybridized carbons (Fsp3) is 0.0526. The zero-order valence-corrected chi connectivity index (χ0v) is 13.9. The van der Waals surface area contributed by atoms with Crippen LogP contribution in [0.2, 0.25) is 0 Å². The van der Waals surface area contributed by atoms with Gasteiger partial charge in [0.2, 0.25) is 0 Å². The number of aromatic nitrogens is 3. The summed E-state index contributed by atoms with van der Waals surface area (Å²) < 4.78 is 7.37. The van der Waals surface area contributed by atoms with Crippen molar-refractivity contribution in [3.8, 4) is 11.6 Å². The Morgan fingerprint density at radius 3 is 2.79 bits per heavy atom. The normalized spacial score (nSPS) is 11.4. The Kier molecular flexibility index (Phi) is 3.84. The molecule has 24 heavy (non-hydrogen) atoms. The topological polar surface area (TPSA) is 39.9 Å². The second-order valence-electron chi connectivity index (χ2n) is 5.20. The minimum absolute atomic E-state index is 0.793. The van der Waals surface area contributed by atoms with Gasteiger partial charge in [-0.25, -0.2) is 9.97 Å². The largest absolute Gasteiger partial charge is 0.497 e. The Balaban J connectivity index is 1.90. The number of fused-ring (bicyclic) bond motifs is 1. The van der Waals surface area contributed by atoms with E-state index in [9.17, 15) is 0 Å². The summed E-state index contributed by atoms with van der Waals surface area (Å²) in [5, 5.41) is 2.06. The maximum Gasteiger partial charge on any atom is 0.139 e. The Morgan fingerprint density at radius 2 is 2.04 bits per heavy atom. The third-order valence-electron chi connectivity index (χ3n) is 3.71. The van der Waals surface area contributed by atoms with Gasteiger partial charge in [0.05, 0.1) is 18.1 Å². The van der Waals surface area contributed by atoms with Gasteiger partial charge in [-0.3, -0.25) is 4.57 Å². The Bertz CT molecular complexity index is 988. The molecule has 3 aromatic heterocycles. The molecule has 0 aliphatic rings. The van der Waals surface area contributed by atoms with Crippen molar-refractivity contribution in [2.24, 2.45) is 0 Å². The molecule has 3 heterocycles. The molecule has 0 amide bonds. The molecule has 0 aliphatic heterocycles. The van der Waals surface area contributed by atoms with Gasteiger partial charge in [-0.2, -0.15) is 0 Å². The molecule has 0 spiro atoms. The van der Waals surface area contributed by atoms with Crippen LogP contribution in [0, 0.1) is 0 Å². The molecule has 4 aromatic rings. The number of nitrogens with zero attached hydrogens (tertiary/aromatic N) is 3. The zero-order valence-electron chi connectivity index (χ0n) is 13.1. The van der Waals surface area contributed by atoms with Crippen LogP contribution in [0.5, 0.6) is 5.75 Å². The van der Waals surface area contributed by atoms with Crippen molar-refractivity contribution in [1.29, 1.82) is 0 Å². The molecular weight excluding hydrogens is 318 g/mol. The van der Waals surface area contributed by atoms with E-state index in [2.05, 4.69) is 27.1 Å². The van der Waals surface area contributed by atoms with Gasteiger partial charge in [0.15, 0.2) is 0 Å². The summed E-state index contributed by atoms with van der Waals surface area (Å²) in [6.45, 7) is 0. The molecule has 0 radical (unpaired) electrons. The van der Waals surface area contributed by atoms with Crippen LogP contribution in [0.15, 0.2) is 60.1 Å². The van der Waals surface area contributed by atoms with Crippen molar-refractivity contribution >= 4 is 34.5 Å². The van der Waals surface area contributed by atoms with Gasteiger partial charge in [0.25, 0.3) is 0 Å². The first-order chi connectivity index (χ1) is 11.8. The first-order valence-corrected chi connectivity index (χ1v) is 8.42. The lowest BCUT2D eigenvalue weighted by Gasteiger charge is -2.06. The van der Waals surface area contributed by atoms with E-state index in [1.54, 1.807) is 24.6 Å². The molecule has 4 rings (SSSR count). The highest BCUT2D eigenvalue weighted by Crippen LogP contribution is 2.25. The van der Waals surface area contributed by atoms with Gasteiger partial charge >= 0.3 is 0 Å². The quantitative estimate of drug-likeness (QED) is 0.545. The molecule has 0 saturated heterocycles. The fourth-order valence-electron chi connectivity index (χ4n) is 2.59. The van der Waals surface area contributed by atoms with Gasteiger partial charge < -0.3 is 4.74 Å². The average molecular weight is 333 g/mol. The van der Waals surface area contributed by atoms with Gasteiger partial charge in [-0.15, -0.1) is 11.3 Å². The summed E-state index contributed by atoms with van der Waals surface area (Å²) in [4.78, 5) is 10.4. The Labute approximate surface area is 143 Å². The summed E-state index contributed by atoms with van der Waals surface area (Å²) >= 11 is 1.70. The van der Waals surface area contributed by atoms with E-state index >= 15 is 0 Å². The molecule has 5 heteroatoms. The van der Waals surface area contributed by atoms with E-state index < -0.39 is 0 Å². The molecule has 1 aromatic carbocycles. The highest BCUT2D eigenvalue weighted by molar-refractivity contribution is 7.10. The summed E-state index contributed by atoms with van der Waals surface area (Å²) in [7, 11) is 1.66. The lowest BCUT2D eigenvalue weighted by molar-refractivity contribution is 0.415. The van der Waals surface area contributed by atoms with Crippen LogP contribution in [-0.2, 0) is 0 Å². The summed E-state index contributed by atoms with van der Waals surface area (Å²) in [6.07, 6.45) is 5.88. The second kappa shape index (κ2) is 6.29. The van der Waals surface area contributed by atoms with Crippen molar-refractivity contribution in [1.82, 2.24) is 14.5 Å². The van der Waals surface area contributed by atoms with Crippen LogP contribution >= 0.6 is 11.3 Å². The number of methoxy groups -OCH3 is 1. The highest BCUT2D eigenvalue weighted by Gasteiger charge is 2.12. The number of ether oxygens (including phenoxy) is 1. The maximum atomic E-state index is 5.31. The summed E-state index contributed by atoms with van der Waals surface area (Å²) in [5.41, 5.74) is 1.88. The summed E-state index contributed by atoms with van der Waals surface area (Å²) in [5.74, 6) is 2.48. The van der Waals surface area contributed by atoms with Crippen molar-refractivity contribution in [3.63, 3.8) is 0 Å². The minimum atomic E-state index is 0.793. The van der Waals surface area contributed by atoms with Crippen molar-refractivity contribution < 1.29 is 4.74 Å². The van der Waals surface area contributed by atoms with E-state index in [4.69, 9.17) is 9.72 Å². The van der Waals surface area contributed by atoms with Crippen LogP contribution in [-0.4, -0.2) is 21.6 Å². The van der Waals surface area contributed by atoms with Gasteiger partial charge in [0.1, 0.15) is 17.4 Å². The van der Waals surface area contributed by atoms with Gasteiger partial charge in [-0.1, -0.05) is 12.1 Å². The van der Waals surface area contributed by atoms with Crippen molar-refractivity contribution in [3.05, 3.63) is 70.8 Å². The Morgan fingerprint density at radius 1 is 1.08 bits per heavy atom. The third-order valence-corrected chi connectivity index (χ3v) is 4.54. The monoisotopic (exact) mass is 333 g/mol. The second-order valence-corrected chi connectivity index (χ2v) is 6.18. The van der Waals surface area contributed by atoms with Crippen LogP contribution in [0.4, 0.5) is 0 Å². The lowest BCUT2D eigenvalue weighted by Crippen LogP contribution is -1.99. The number of rotatable bonds is 4. The van der Waals surface area contributed by atoms with Crippen LogP contribution in [0.3, 0.4) is 0 Å². The molecule has 4 nitrogen and oxygen atoms in total. The fourth-order valence-corrected chi connectivity index (χ4v) is 3.21. The van der Waals surface area contributed by atoms with E-state index in [0.29, 0.717) is 0 Å². The molecule has 0 aliphatic carbocycles.